The van der Waals surface area contributed by atoms with Crippen LogP contribution in [0.4, 0.5) is 17.1 Å². The Morgan fingerprint density at radius 2 is 0.635 bits per heavy atom. The van der Waals surface area contributed by atoms with Crippen molar-refractivity contribution in [3.63, 3.8) is 0 Å². The average Bonchev–Trinajstić information content (AvgIpc) is 3.37. The molecule has 0 saturated heterocycles. The minimum atomic E-state index is 1.08. The van der Waals surface area contributed by atoms with Crippen molar-refractivity contribution in [2.45, 2.75) is 0 Å². The van der Waals surface area contributed by atoms with Crippen molar-refractivity contribution in [2.24, 2.45) is 0 Å². The molecule has 1 nitrogen and oxygen atoms in total. The normalized spacial score (nSPS) is 11.2. The molecule has 296 valence electrons. The van der Waals surface area contributed by atoms with E-state index in [-0.39, 0.29) is 0 Å². The van der Waals surface area contributed by atoms with Crippen molar-refractivity contribution in [1.82, 2.24) is 0 Å². The molecule has 0 aliphatic carbocycles. The van der Waals surface area contributed by atoms with Gasteiger partial charge in [0.05, 0.1) is 5.69 Å². The van der Waals surface area contributed by atoms with Crippen LogP contribution in [0.5, 0.6) is 0 Å². The molecule has 11 aromatic carbocycles. The molecule has 11 aromatic rings. The molecular formula is C62H43N. The Balaban J connectivity index is 1.01. The summed E-state index contributed by atoms with van der Waals surface area (Å²) in [6.07, 6.45) is 0. The van der Waals surface area contributed by atoms with Crippen LogP contribution < -0.4 is 4.90 Å². The Bertz CT molecular complexity index is 3340. The molecule has 0 heterocycles. The van der Waals surface area contributed by atoms with Gasteiger partial charge in [-0.1, -0.05) is 218 Å². The van der Waals surface area contributed by atoms with Gasteiger partial charge in [0, 0.05) is 16.9 Å². The second-order valence-electron chi connectivity index (χ2n) is 16.1. The second kappa shape index (κ2) is 16.7. The van der Waals surface area contributed by atoms with Gasteiger partial charge < -0.3 is 4.90 Å². The first-order valence-electron chi connectivity index (χ1n) is 21.7. The summed E-state index contributed by atoms with van der Waals surface area (Å²) in [6, 6.07) is 94.6. The number of hydrogen-bond donors (Lipinski definition) is 0. The van der Waals surface area contributed by atoms with E-state index in [1.807, 2.05) is 0 Å². The topological polar surface area (TPSA) is 3.24 Å². The number of nitrogens with zero attached hydrogens (tertiary/aromatic N) is 1. The van der Waals surface area contributed by atoms with Gasteiger partial charge in [0.25, 0.3) is 0 Å². The van der Waals surface area contributed by atoms with Gasteiger partial charge in [0.15, 0.2) is 0 Å². The molecule has 0 radical (unpaired) electrons. The molecule has 0 aliphatic rings. The van der Waals surface area contributed by atoms with Crippen molar-refractivity contribution in [3.8, 4) is 66.8 Å². The molecule has 0 aromatic heterocycles. The first kappa shape index (κ1) is 37.7. The van der Waals surface area contributed by atoms with Crippen molar-refractivity contribution >= 4 is 38.6 Å². The van der Waals surface area contributed by atoms with E-state index in [2.05, 4.69) is 266 Å². The molecule has 0 fully saturated rings. The van der Waals surface area contributed by atoms with Gasteiger partial charge in [-0.2, -0.15) is 0 Å². The fourth-order valence-electron chi connectivity index (χ4n) is 9.06. The van der Waals surface area contributed by atoms with Crippen molar-refractivity contribution < 1.29 is 0 Å². The van der Waals surface area contributed by atoms with Gasteiger partial charge in [-0.25, -0.2) is 0 Å². The highest BCUT2D eigenvalue weighted by molar-refractivity contribution is 6.04. The molecule has 0 unspecified atom stereocenters. The highest BCUT2D eigenvalue weighted by atomic mass is 15.1. The molecule has 0 N–H and O–H groups in total. The summed E-state index contributed by atoms with van der Waals surface area (Å²) < 4.78 is 0. The molecule has 0 spiro atoms. The third-order valence-corrected chi connectivity index (χ3v) is 12.3. The highest BCUT2D eigenvalue weighted by Crippen LogP contribution is 2.45. The molecule has 11 rings (SSSR count). The first-order valence-corrected chi connectivity index (χ1v) is 21.7. The smallest absolute Gasteiger partial charge is 0.0540 e. The largest absolute Gasteiger partial charge is 0.310 e. The van der Waals surface area contributed by atoms with Crippen LogP contribution in [0, 0.1) is 0 Å². The van der Waals surface area contributed by atoms with Crippen molar-refractivity contribution in [1.29, 1.82) is 0 Å². The molecule has 0 amide bonds. The number of benzene rings is 11. The predicted molar refractivity (Wildman–Crippen MR) is 269 cm³/mol. The Hall–Kier alpha value is -8.26. The van der Waals surface area contributed by atoms with Gasteiger partial charge in [0.2, 0.25) is 0 Å². The maximum Gasteiger partial charge on any atom is 0.0540 e. The quantitative estimate of drug-likeness (QED) is 0.141. The predicted octanol–water partition coefficient (Wildman–Crippen LogP) is 17.5. The number of fused-ring (bicyclic) bond motifs is 2. The van der Waals surface area contributed by atoms with Crippen LogP contribution >= 0.6 is 0 Å². The summed E-state index contributed by atoms with van der Waals surface area (Å²) in [5.74, 6) is 0. The van der Waals surface area contributed by atoms with Crippen molar-refractivity contribution in [3.05, 3.63) is 261 Å². The van der Waals surface area contributed by atoms with E-state index < -0.39 is 0 Å². The summed E-state index contributed by atoms with van der Waals surface area (Å²) in [5, 5.41) is 5.00. The van der Waals surface area contributed by atoms with Gasteiger partial charge in [0.1, 0.15) is 0 Å². The number of anilines is 3. The Labute approximate surface area is 369 Å². The third kappa shape index (κ3) is 7.47. The van der Waals surface area contributed by atoms with E-state index in [4.69, 9.17) is 0 Å². The fourth-order valence-corrected chi connectivity index (χ4v) is 9.06. The van der Waals surface area contributed by atoms with Crippen molar-refractivity contribution in [2.75, 3.05) is 4.90 Å². The Morgan fingerprint density at radius 1 is 0.222 bits per heavy atom. The van der Waals surface area contributed by atoms with E-state index in [1.54, 1.807) is 0 Å². The lowest BCUT2D eigenvalue weighted by atomic mass is 9.89. The first-order chi connectivity index (χ1) is 31.2. The van der Waals surface area contributed by atoms with Crippen LogP contribution in [-0.4, -0.2) is 0 Å². The molecule has 0 bridgehead atoms. The lowest BCUT2D eigenvalue weighted by Crippen LogP contribution is -2.11. The summed E-state index contributed by atoms with van der Waals surface area (Å²) in [4.78, 5) is 2.41. The standard InChI is InChI=1S/C62H43N/c1-4-14-44(15-5-1)55-35-41-61(60(43-55)49-17-6-2-7-18-49)63(56-36-30-47(31-37-56)46-24-26-48(27-25-46)54-29-28-45-16-10-11-22-53(45)42-54)57-38-32-51(33-39-57)59-40-34-50-19-12-13-23-58(50)62(59)52-20-8-3-9-21-52/h1-43H. The Kier molecular flexibility index (Phi) is 9.97. The van der Waals surface area contributed by atoms with E-state index >= 15 is 0 Å². The van der Waals surface area contributed by atoms with Crippen LogP contribution in [-0.2, 0) is 0 Å². The molecular weight excluding hydrogens is 759 g/mol. The van der Waals surface area contributed by atoms with Gasteiger partial charge in [-0.15, -0.1) is 0 Å². The van der Waals surface area contributed by atoms with Crippen LogP contribution in [0.2, 0.25) is 0 Å². The SMILES string of the molecule is c1ccc(-c2ccc(N(c3ccc(-c4ccc(-c5ccc6ccccc6c5)cc4)cc3)c3ccc(-c4ccc5ccccc5c4-c4ccccc4)cc3)c(-c3ccccc3)c2)cc1. The van der Waals surface area contributed by atoms with Crippen LogP contribution in [0.3, 0.4) is 0 Å². The van der Waals surface area contributed by atoms with E-state index in [1.165, 1.54) is 82.7 Å². The van der Waals surface area contributed by atoms with E-state index in [9.17, 15) is 0 Å². The zero-order chi connectivity index (χ0) is 42.0. The maximum atomic E-state index is 2.41. The molecule has 63 heavy (non-hydrogen) atoms. The summed E-state index contributed by atoms with van der Waals surface area (Å²) in [6.45, 7) is 0. The summed E-state index contributed by atoms with van der Waals surface area (Å²) >= 11 is 0. The van der Waals surface area contributed by atoms with E-state index in [0.29, 0.717) is 0 Å². The lowest BCUT2D eigenvalue weighted by molar-refractivity contribution is 1.28. The van der Waals surface area contributed by atoms with Gasteiger partial charge in [-0.05, 0) is 125 Å². The Morgan fingerprint density at radius 3 is 1.29 bits per heavy atom. The number of rotatable bonds is 9. The molecule has 1 heteroatoms. The molecule has 0 saturated carbocycles. The van der Waals surface area contributed by atoms with E-state index in [0.717, 1.165) is 22.6 Å². The van der Waals surface area contributed by atoms with Gasteiger partial charge in [-0.3, -0.25) is 0 Å². The maximum absolute atomic E-state index is 2.41. The zero-order valence-electron chi connectivity index (χ0n) is 34.8. The summed E-state index contributed by atoms with van der Waals surface area (Å²) in [5.41, 5.74) is 17.6. The third-order valence-electron chi connectivity index (χ3n) is 12.3. The molecule has 0 atom stereocenters. The monoisotopic (exact) mass is 801 g/mol. The van der Waals surface area contributed by atoms with Crippen LogP contribution in [0.1, 0.15) is 0 Å². The van der Waals surface area contributed by atoms with Crippen LogP contribution in [0.25, 0.3) is 88.3 Å². The minimum Gasteiger partial charge on any atom is -0.310 e. The average molecular weight is 802 g/mol. The lowest BCUT2D eigenvalue weighted by Gasteiger charge is -2.29. The highest BCUT2D eigenvalue weighted by Gasteiger charge is 2.20. The zero-order valence-corrected chi connectivity index (χ0v) is 34.8. The fraction of sp³-hybridized carbons (Fsp3) is 0. The van der Waals surface area contributed by atoms with Gasteiger partial charge >= 0.3 is 0 Å². The molecule has 0 aliphatic heterocycles. The minimum absolute atomic E-state index is 1.08. The second-order valence-corrected chi connectivity index (χ2v) is 16.1. The number of hydrogen-bond acceptors (Lipinski definition) is 1. The van der Waals surface area contributed by atoms with Crippen LogP contribution in [0.15, 0.2) is 261 Å². The summed E-state index contributed by atoms with van der Waals surface area (Å²) in [7, 11) is 0.